The summed E-state index contributed by atoms with van der Waals surface area (Å²) in [6.07, 6.45) is 3.18. The molecule has 0 bridgehead atoms. The topological polar surface area (TPSA) is 26.3 Å². The van der Waals surface area contributed by atoms with Gasteiger partial charge >= 0.3 is 5.97 Å². The molecule has 0 atom stereocenters. The molecule has 3 heteroatoms. The van der Waals surface area contributed by atoms with Gasteiger partial charge in [-0.05, 0) is 37.1 Å². The van der Waals surface area contributed by atoms with Crippen LogP contribution in [-0.4, -0.2) is 12.6 Å². The molecule has 15 heavy (non-hydrogen) atoms. The molecule has 0 aliphatic heterocycles. The van der Waals surface area contributed by atoms with Crippen LogP contribution in [0.2, 0.25) is 0 Å². The number of hydrogen-bond donors (Lipinski definition) is 0. The number of benzene rings is 1. The Morgan fingerprint density at radius 1 is 1.53 bits per heavy atom. The molecule has 80 valence electrons. The number of hydrogen-bond acceptors (Lipinski definition) is 2. The number of carbonyl (C=O) groups excluding carboxylic acids is 1. The zero-order chi connectivity index (χ0) is 11.3. The number of carbonyl (C=O) groups is 1. The number of esters is 1. The van der Waals surface area contributed by atoms with Crippen molar-refractivity contribution in [1.29, 1.82) is 0 Å². The fraction of sp³-hybridized carbons (Fsp3) is 0.250. The second kappa shape index (κ2) is 5.71. The second-order valence-electron chi connectivity index (χ2n) is 3.09. The molecular weight excluding hydrogens is 256 g/mol. The summed E-state index contributed by atoms with van der Waals surface area (Å²) < 4.78 is 5.85. The van der Waals surface area contributed by atoms with Gasteiger partial charge in [-0.1, -0.05) is 28.1 Å². The van der Waals surface area contributed by atoms with Crippen LogP contribution in [0, 0.1) is 6.92 Å². The summed E-state index contributed by atoms with van der Waals surface area (Å²) >= 11 is 3.42. The van der Waals surface area contributed by atoms with E-state index in [1.165, 1.54) is 6.08 Å². The van der Waals surface area contributed by atoms with Gasteiger partial charge in [0.1, 0.15) is 0 Å². The minimum absolute atomic E-state index is 0.307. The van der Waals surface area contributed by atoms with E-state index in [-0.39, 0.29) is 5.97 Å². The lowest BCUT2D eigenvalue weighted by atomic mass is 10.1. The highest BCUT2D eigenvalue weighted by molar-refractivity contribution is 9.10. The number of halogens is 1. The minimum atomic E-state index is -0.307. The lowest BCUT2D eigenvalue weighted by Gasteiger charge is -1.99. The van der Waals surface area contributed by atoms with Crippen LogP contribution in [0.5, 0.6) is 0 Å². The quantitative estimate of drug-likeness (QED) is 0.621. The molecule has 1 aromatic carbocycles. The molecule has 0 saturated heterocycles. The third-order valence-electron chi connectivity index (χ3n) is 1.88. The summed E-state index contributed by atoms with van der Waals surface area (Å²) in [7, 11) is 0. The van der Waals surface area contributed by atoms with Crippen molar-refractivity contribution < 1.29 is 9.53 Å². The molecular formula is C12H13BrO2. The fourth-order valence-corrected chi connectivity index (χ4v) is 1.37. The first-order valence-corrected chi connectivity index (χ1v) is 5.53. The van der Waals surface area contributed by atoms with Gasteiger partial charge in [0.05, 0.1) is 6.61 Å². The van der Waals surface area contributed by atoms with Crippen LogP contribution in [0.1, 0.15) is 18.1 Å². The van der Waals surface area contributed by atoms with Gasteiger partial charge in [-0.3, -0.25) is 0 Å². The van der Waals surface area contributed by atoms with Crippen molar-refractivity contribution in [2.24, 2.45) is 0 Å². The van der Waals surface area contributed by atoms with Crippen molar-refractivity contribution in [2.45, 2.75) is 13.8 Å². The Morgan fingerprint density at radius 2 is 2.27 bits per heavy atom. The monoisotopic (exact) mass is 268 g/mol. The summed E-state index contributed by atoms with van der Waals surface area (Å²) in [4.78, 5) is 11.0. The first kappa shape index (κ1) is 12.0. The van der Waals surface area contributed by atoms with Crippen molar-refractivity contribution >= 4 is 28.0 Å². The second-order valence-corrected chi connectivity index (χ2v) is 3.95. The van der Waals surface area contributed by atoms with Crippen LogP contribution in [0.3, 0.4) is 0 Å². The van der Waals surface area contributed by atoms with E-state index in [0.717, 1.165) is 15.6 Å². The molecule has 0 radical (unpaired) electrons. The normalized spacial score (nSPS) is 10.6. The third-order valence-corrected chi connectivity index (χ3v) is 2.77. The lowest BCUT2D eigenvalue weighted by molar-refractivity contribution is -0.137. The van der Waals surface area contributed by atoms with Crippen LogP contribution < -0.4 is 0 Å². The van der Waals surface area contributed by atoms with E-state index in [1.54, 1.807) is 13.0 Å². The average Bonchev–Trinajstić information content (AvgIpc) is 2.20. The van der Waals surface area contributed by atoms with Crippen LogP contribution in [-0.2, 0) is 9.53 Å². The maximum Gasteiger partial charge on any atom is 0.330 e. The van der Waals surface area contributed by atoms with Crippen molar-refractivity contribution in [2.75, 3.05) is 6.61 Å². The molecule has 2 nitrogen and oxygen atoms in total. The Balaban J connectivity index is 2.72. The molecule has 0 N–H and O–H groups in total. The Labute approximate surface area is 98.1 Å². The van der Waals surface area contributed by atoms with Crippen molar-refractivity contribution in [3.05, 3.63) is 39.9 Å². The van der Waals surface area contributed by atoms with Crippen molar-refractivity contribution in [3.63, 3.8) is 0 Å². The highest BCUT2D eigenvalue weighted by Gasteiger charge is 1.96. The van der Waals surface area contributed by atoms with Crippen LogP contribution >= 0.6 is 15.9 Å². The van der Waals surface area contributed by atoms with E-state index in [2.05, 4.69) is 15.9 Å². The smallest absolute Gasteiger partial charge is 0.330 e. The van der Waals surface area contributed by atoms with E-state index in [0.29, 0.717) is 6.61 Å². The summed E-state index contributed by atoms with van der Waals surface area (Å²) in [6, 6.07) is 5.90. The molecule has 0 fully saturated rings. The highest BCUT2D eigenvalue weighted by atomic mass is 79.9. The Morgan fingerprint density at radius 3 is 2.87 bits per heavy atom. The molecule has 0 amide bonds. The number of rotatable bonds is 3. The minimum Gasteiger partial charge on any atom is -0.463 e. The fourth-order valence-electron chi connectivity index (χ4n) is 1.13. The predicted molar refractivity (Wildman–Crippen MR) is 64.5 cm³/mol. The van der Waals surface area contributed by atoms with E-state index in [9.17, 15) is 4.79 Å². The van der Waals surface area contributed by atoms with E-state index < -0.39 is 0 Å². The van der Waals surface area contributed by atoms with E-state index in [1.807, 2.05) is 25.1 Å². The zero-order valence-corrected chi connectivity index (χ0v) is 10.4. The highest BCUT2D eigenvalue weighted by Crippen LogP contribution is 2.17. The maximum atomic E-state index is 11.0. The molecule has 0 heterocycles. The molecule has 0 spiro atoms. The van der Waals surface area contributed by atoms with Gasteiger partial charge in [-0.25, -0.2) is 4.79 Å². The molecule has 1 aromatic rings. The zero-order valence-electron chi connectivity index (χ0n) is 8.79. The SMILES string of the molecule is CCOC(=O)C=Cc1ccc(Br)c(C)c1. The van der Waals surface area contributed by atoms with E-state index >= 15 is 0 Å². The Kier molecular flexibility index (Phi) is 4.56. The van der Waals surface area contributed by atoms with Gasteiger partial charge in [-0.2, -0.15) is 0 Å². The van der Waals surface area contributed by atoms with Crippen LogP contribution in [0.4, 0.5) is 0 Å². The van der Waals surface area contributed by atoms with Crippen LogP contribution in [0.15, 0.2) is 28.7 Å². The van der Waals surface area contributed by atoms with Gasteiger partial charge in [0, 0.05) is 10.5 Å². The first-order valence-electron chi connectivity index (χ1n) is 4.74. The van der Waals surface area contributed by atoms with Gasteiger partial charge in [-0.15, -0.1) is 0 Å². The van der Waals surface area contributed by atoms with Crippen molar-refractivity contribution in [1.82, 2.24) is 0 Å². The Bertz CT molecular complexity index is 383. The molecule has 0 aromatic heterocycles. The van der Waals surface area contributed by atoms with Gasteiger partial charge in [0.2, 0.25) is 0 Å². The summed E-state index contributed by atoms with van der Waals surface area (Å²) in [6.45, 7) is 4.20. The van der Waals surface area contributed by atoms with Crippen molar-refractivity contribution in [3.8, 4) is 0 Å². The largest absolute Gasteiger partial charge is 0.463 e. The summed E-state index contributed by atoms with van der Waals surface area (Å²) in [5, 5.41) is 0. The molecule has 1 rings (SSSR count). The average molecular weight is 269 g/mol. The van der Waals surface area contributed by atoms with E-state index in [4.69, 9.17) is 4.74 Å². The molecule has 0 aliphatic carbocycles. The first-order chi connectivity index (χ1) is 7.13. The predicted octanol–water partition coefficient (Wildman–Crippen LogP) is 3.33. The summed E-state index contributed by atoms with van der Waals surface area (Å²) in [5.74, 6) is -0.307. The Hall–Kier alpha value is -1.09. The lowest BCUT2D eigenvalue weighted by Crippen LogP contribution is -1.98. The van der Waals surface area contributed by atoms with Gasteiger partial charge in [0.25, 0.3) is 0 Å². The van der Waals surface area contributed by atoms with Gasteiger partial charge in [0.15, 0.2) is 0 Å². The third kappa shape index (κ3) is 3.88. The summed E-state index contributed by atoms with van der Waals surface area (Å²) in [5.41, 5.74) is 2.13. The number of aryl methyl sites for hydroxylation is 1. The number of ether oxygens (including phenoxy) is 1. The molecule has 0 unspecified atom stereocenters. The molecule has 0 aliphatic rings. The maximum absolute atomic E-state index is 11.0. The van der Waals surface area contributed by atoms with Gasteiger partial charge < -0.3 is 4.74 Å². The van der Waals surface area contributed by atoms with Crippen LogP contribution in [0.25, 0.3) is 6.08 Å². The molecule has 0 saturated carbocycles. The standard InChI is InChI=1S/C12H13BrO2/c1-3-15-12(14)7-5-10-4-6-11(13)9(2)8-10/h4-8H,3H2,1-2H3.